The lowest BCUT2D eigenvalue weighted by molar-refractivity contribution is -0.138. The van der Waals surface area contributed by atoms with Crippen LogP contribution < -0.4 is 10.1 Å². The maximum absolute atomic E-state index is 13.5. The molecular weight excluding hydrogens is 467 g/mol. The van der Waals surface area contributed by atoms with Crippen molar-refractivity contribution in [1.82, 2.24) is 15.1 Å². The number of nitrogens with zero attached hydrogens (tertiary/aromatic N) is 2. The van der Waals surface area contributed by atoms with Gasteiger partial charge in [-0.3, -0.25) is 19.6 Å². The topological polar surface area (TPSA) is 73.2 Å². The van der Waals surface area contributed by atoms with E-state index >= 15 is 0 Å². The number of thioether (sulfide) groups is 1. The fourth-order valence-electron chi connectivity index (χ4n) is 3.31. The van der Waals surface area contributed by atoms with Gasteiger partial charge < -0.3 is 4.74 Å². The number of nitrogens with one attached hydrogen (secondary N) is 1. The zero-order valence-corrected chi connectivity index (χ0v) is 18.1. The van der Waals surface area contributed by atoms with Crippen molar-refractivity contribution in [2.24, 2.45) is 0 Å². The normalized spacial score (nSPS) is 15.6. The highest BCUT2D eigenvalue weighted by atomic mass is 35.5. The number of amides is 2. The summed E-state index contributed by atoms with van der Waals surface area (Å²) in [6, 6.07) is 8.69. The molecule has 0 spiro atoms. The van der Waals surface area contributed by atoms with E-state index in [1.807, 2.05) is 0 Å². The molecule has 0 aliphatic carbocycles. The Morgan fingerprint density at radius 1 is 1.22 bits per heavy atom. The lowest BCUT2D eigenvalue weighted by atomic mass is 10.1. The highest BCUT2D eigenvalue weighted by Crippen LogP contribution is 2.35. The van der Waals surface area contributed by atoms with Crippen molar-refractivity contribution in [1.29, 1.82) is 0 Å². The molecule has 0 unspecified atom stereocenters. The van der Waals surface area contributed by atoms with E-state index in [1.54, 1.807) is 31.2 Å². The quantitative estimate of drug-likeness (QED) is 0.488. The molecule has 0 saturated carbocycles. The lowest BCUT2D eigenvalue weighted by Crippen LogP contribution is -2.17. The molecule has 2 aromatic carbocycles. The van der Waals surface area contributed by atoms with Gasteiger partial charge in [-0.2, -0.15) is 13.2 Å². The van der Waals surface area contributed by atoms with E-state index < -0.39 is 22.9 Å². The first-order valence-corrected chi connectivity index (χ1v) is 10.6. The number of aromatic nitrogens is 2. The van der Waals surface area contributed by atoms with Crippen LogP contribution in [0.3, 0.4) is 0 Å². The largest absolute Gasteiger partial charge is 0.476 e. The Balaban J connectivity index is 1.77. The number of hydrogen-bond acceptors (Lipinski definition) is 5. The molecule has 1 saturated heterocycles. The summed E-state index contributed by atoms with van der Waals surface area (Å²) in [4.78, 5) is 23.4. The van der Waals surface area contributed by atoms with Gasteiger partial charge in [0.05, 0.1) is 34.5 Å². The highest BCUT2D eigenvalue weighted by molar-refractivity contribution is 8.18. The van der Waals surface area contributed by atoms with E-state index in [9.17, 15) is 22.8 Å². The van der Waals surface area contributed by atoms with Crippen LogP contribution in [-0.4, -0.2) is 27.5 Å². The van der Waals surface area contributed by atoms with Gasteiger partial charge in [0.2, 0.25) is 5.88 Å². The minimum absolute atomic E-state index is 0.00798. The van der Waals surface area contributed by atoms with E-state index in [2.05, 4.69) is 10.4 Å². The highest BCUT2D eigenvalue weighted by Gasteiger charge is 2.34. The molecule has 1 N–H and O–H groups in total. The van der Waals surface area contributed by atoms with Crippen LogP contribution in [-0.2, 0) is 17.5 Å². The number of ether oxygens (including phenoxy) is 1. The minimum Gasteiger partial charge on any atom is -0.476 e. The maximum Gasteiger partial charge on any atom is 0.416 e. The molecule has 166 valence electrons. The molecule has 2 heterocycles. The number of carbonyl (C=O) groups is 2. The maximum atomic E-state index is 13.5. The molecule has 0 atom stereocenters. The molecule has 0 radical (unpaired) electrons. The van der Waals surface area contributed by atoms with Gasteiger partial charge in [0.25, 0.3) is 11.1 Å². The molecule has 0 bridgehead atoms. The third kappa shape index (κ3) is 4.46. The molecule has 1 aliphatic rings. The second-order valence-corrected chi connectivity index (χ2v) is 8.28. The fourth-order valence-corrected chi connectivity index (χ4v) is 4.16. The van der Waals surface area contributed by atoms with Crippen LogP contribution in [0.2, 0.25) is 5.02 Å². The standard InChI is InChI=1S/C21H15ClF3N3O3S/c1-2-31-19-14-7-11(8-17-18(29)26-20(30)32-17)3-6-16(14)28(27-19)10-12-4-5-13(22)9-15(12)21(23,24)25/h3-9H,2,10H2,1H3,(H,26,29,30). The molecule has 3 aromatic rings. The zero-order valence-electron chi connectivity index (χ0n) is 16.5. The summed E-state index contributed by atoms with van der Waals surface area (Å²) in [5.41, 5.74) is 0.353. The Bertz CT molecular complexity index is 1270. The molecular formula is C21H15ClF3N3O3S. The SMILES string of the molecule is CCOc1nn(Cc2ccc(Cl)cc2C(F)(F)F)c2ccc(C=C3SC(=O)NC3=O)cc12. The Morgan fingerprint density at radius 3 is 2.66 bits per heavy atom. The molecule has 32 heavy (non-hydrogen) atoms. The first kappa shape index (κ1) is 22.2. The Kier molecular flexibility index (Phi) is 5.91. The minimum atomic E-state index is -4.57. The van der Waals surface area contributed by atoms with Crippen LogP contribution in [0.5, 0.6) is 5.88 Å². The average Bonchev–Trinajstić information content (AvgIpc) is 3.21. The second-order valence-electron chi connectivity index (χ2n) is 6.82. The molecule has 1 aliphatic heterocycles. The molecule has 1 fully saturated rings. The van der Waals surface area contributed by atoms with Crippen LogP contribution in [0.15, 0.2) is 41.3 Å². The second kappa shape index (κ2) is 8.51. The lowest BCUT2D eigenvalue weighted by Gasteiger charge is -2.13. The van der Waals surface area contributed by atoms with Gasteiger partial charge in [0.15, 0.2) is 0 Å². The Labute approximate surface area is 189 Å². The summed E-state index contributed by atoms with van der Waals surface area (Å²) in [7, 11) is 0. The molecule has 11 heteroatoms. The van der Waals surface area contributed by atoms with Gasteiger partial charge in [0, 0.05) is 5.02 Å². The van der Waals surface area contributed by atoms with Gasteiger partial charge in [-0.15, -0.1) is 5.10 Å². The first-order chi connectivity index (χ1) is 15.2. The number of rotatable bonds is 5. The van der Waals surface area contributed by atoms with E-state index in [0.29, 0.717) is 23.1 Å². The van der Waals surface area contributed by atoms with Crippen molar-refractivity contribution in [2.75, 3.05) is 6.61 Å². The van der Waals surface area contributed by atoms with Gasteiger partial charge in [-0.1, -0.05) is 23.7 Å². The number of fused-ring (bicyclic) bond motifs is 1. The van der Waals surface area contributed by atoms with Crippen molar-refractivity contribution in [3.8, 4) is 5.88 Å². The van der Waals surface area contributed by atoms with Crippen molar-refractivity contribution < 1.29 is 27.5 Å². The third-order valence-corrected chi connectivity index (χ3v) is 5.70. The van der Waals surface area contributed by atoms with Gasteiger partial charge in [0.1, 0.15) is 0 Å². The molecule has 2 amide bonds. The van der Waals surface area contributed by atoms with Crippen LogP contribution in [0.4, 0.5) is 18.0 Å². The number of benzene rings is 2. The summed E-state index contributed by atoms with van der Waals surface area (Å²) in [5.74, 6) is -0.229. The summed E-state index contributed by atoms with van der Waals surface area (Å²) in [6.07, 6.45) is -3.01. The molecule has 1 aromatic heterocycles. The van der Waals surface area contributed by atoms with Gasteiger partial charge in [-0.25, -0.2) is 0 Å². The van der Waals surface area contributed by atoms with Crippen molar-refractivity contribution in [3.05, 3.63) is 63.0 Å². The summed E-state index contributed by atoms with van der Waals surface area (Å²) in [6.45, 7) is 1.92. The Morgan fingerprint density at radius 2 is 2.00 bits per heavy atom. The summed E-state index contributed by atoms with van der Waals surface area (Å²) in [5, 5.41) is 6.65. The van der Waals surface area contributed by atoms with Crippen molar-refractivity contribution >= 4 is 51.5 Å². The first-order valence-electron chi connectivity index (χ1n) is 9.39. The summed E-state index contributed by atoms with van der Waals surface area (Å²) < 4.78 is 47.5. The molecule has 4 rings (SSSR count). The monoisotopic (exact) mass is 481 g/mol. The van der Waals surface area contributed by atoms with Gasteiger partial charge in [-0.05, 0) is 60.2 Å². The van der Waals surface area contributed by atoms with Crippen LogP contribution in [0.1, 0.15) is 23.6 Å². The number of alkyl halides is 3. The van der Waals surface area contributed by atoms with Crippen LogP contribution >= 0.6 is 23.4 Å². The summed E-state index contributed by atoms with van der Waals surface area (Å²) >= 11 is 6.57. The predicted molar refractivity (Wildman–Crippen MR) is 116 cm³/mol. The third-order valence-electron chi connectivity index (χ3n) is 4.66. The van der Waals surface area contributed by atoms with Gasteiger partial charge >= 0.3 is 6.18 Å². The Hall–Kier alpha value is -2.98. The predicted octanol–water partition coefficient (Wildman–Crippen LogP) is 5.48. The number of carbonyl (C=O) groups excluding carboxylic acids is 2. The van der Waals surface area contributed by atoms with E-state index in [0.717, 1.165) is 17.8 Å². The van der Waals surface area contributed by atoms with E-state index in [-0.39, 0.29) is 27.9 Å². The average molecular weight is 482 g/mol. The number of halogens is 4. The molecule has 6 nitrogen and oxygen atoms in total. The number of hydrogen-bond donors (Lipinski definition) is 1. The van der Waals surface area contributed by atoms with Crippen molar-refractivity contribution in [2.45, 2.75) is 19.6 Å². The van der Waals surface area contributed by atoms with Crippen LogP contribution in [0.25, 0.3) is 17.0 Å². The van der Waals surface area contributed by atoms with Crippen LogP contribution in [0, 0.1) is 0 Å². The number of imide groups is 1. The smallest absolute Gasteiger partial charge is 0.416 e. The zero-order chi connectivity index (χ0) is 23.0. The van der Waals surface area contributed by atoms with E-state index in [4.69, 9.17) is 16.3 Å². The van der Waals surface area contributed by atoms with E-state index in [1.165, 1.54) is 16.8 Å². The fraction of sp³-hybridized carbons (Fsp3) is 0.190. The van der Waals surface area contributed by atoms with Crippen molar-refractivity contribution in [3.63, 3.8) is 0 Å².